The van der Waals surface area contributed by atoms with Gasteiger partial charge in [-0.15, -0.1) is 10.2 Å². The van der Waals surface area contributed by atoms with Crippen molar-refractivity contribution in [3.05, 3.63) is 71.7 Å². The first-order valence-electron chi connectivity index (χ1n) is 9.04. The normalized spacial score (nSPS) is 17.9. The van der Waals surface area contributed by atoms with Crippen molar-refractivity contribution in [3.63, 3.8) is 0 Å². The van der Waals surface area contributed by atoms with Gasteiger partial charge in [-0.1, -0.05) is 35.9 Å². The number of fused-ring (bicyclic) bond motifs is 1. The van der Waals surface area contributed by atoms with Gasteiger partial charge in [-0.3, -0.25) is 9.20 Å². The van der Waals surface area contributed by atoms with E-state index in [2.05, 4.69) is 29.3 Å². The van der Waals surface area contributed by atoms with Crippen molar-refractivity contribution in [2.75, 3.05) is 13.1 Å². The van der Waals surface area contributed by atoms with Gasteiger partial charge in [0, 0.05) is 31.3 Å². The number of likely N-dealkylation sites (tertiary alicyclic amines) is 1. The Kier molecular flexibility index (Phi) is 4.52. The molecule has 0 N–H and O–H groups in total. The lowest BCUT2D eigenvalue weighted by molar-refractivity contribution is -0.127. The molecule has 1 atom stereocenters. The number of pyridine rings is 1. The quantitative estimate of drug-likeness (QED) is 0.683. The molecule has 132 valence electrons. The van der Waals surface area contributed by atoms with Crippen LogP contribution in [0.1, 0.15) is 35.7 Å². The standard InChI is InChI=1S/C21H22N4O/c1-16-7-9-17(10-8-16)11-12-20(26)24-13-4-5-18(15-24)21-23-22-19-6-2-3-14-25(19)21/h2-3,6-12,14,18H,4-5,13,15H2,1H3. The third kappa shape index (κ3) is 3.38. The van der Waals surface area contributed by atoms with Gasteiger partial charge >= 0.3 is 0 Å². The van der Waals surface area contributed by atoms with Gasteiger partial charge in [-0.25, -0.2) is 0 Å². The molecule has 3 aromatic rings. The molecule has 1 aliphatic rings. The highest BCUT2D eigenvalue weighted by molar-refractivity contribution is 5.91. The molecule has 4 rings (SSSR count). The summed E-state index contributed by atoms with van der Waals surface area (Å²) in [5, 5.41) is 8.61. The van der Waals surface area contributed by atoms with Crippen LogP contribution in [-0.4, -0.2) is 38.5 Å². The molecule has 0 radical (unpaired) electrons. The van der Waals surface area contributed by atoms with E-state index in [1.54, 1.807) is 6.08 Å². The van der Waals surface area contributed by atoms with E-state index in [0.717, 1.165) is 36.4 Å². The highest BCUT2D eigenvalue weighted by Crippen LogP contribution is 2.26. The molecule has 1 unspecified atom stereocenters. The van der Waals surface area contributed by atoms with Crippen LogP contribution in [0.4, 0.5) is 0 Å². The second-order valence-corrected chi connectivity index (χ2v) is 6.85. The lowest BCUT2D eigenvalue weighted by Crippen LogP contribution is -2.38. The first-order chi connectivity index (χ1) is 12.7. The summed E-state index contributed by atoms with van der Waals surface area (Å²) in [4.78, 5) is 14.5. The van der Waals surface area contributed by atoms with Crippen molar-refractivity contribution >= 4 is 17.6 Å². The summed E-state index contributed by atoms with van der Waals surface area (Å²) in [5.41, 5.74) is 3.11. The average molecular weight is 346 g/mol. The average Bonchev–Trinajstić information content (AvgIpc) is 3.11. The summed E-state index contributed by atoms with van der Waals surface area (Å²) < 4.78 is 2.03. The Morgan fingerprint density at radius 2 is 2.00 bits per heavy atom. The molecule has 5 heteroatoms. The van der Waals surface area contributed by atoms with Gasteiger partial charge in [-0.05, 0) is 43.5 Å². The van der Waals surface area contributed by atoms with Crippen LogP contribution in [0.15, 0.2) is 54.7 Å². The molecule has 2 aromatic heterocycles. The van der Waals surface area contributed by atoms with Crippen LogP contribution in [0.3, 0.4) is 0 Å². The first kappa shape index (κ1) is 16.5. The van der Waals surface area contributed by atoms with Crippen LogP contribution in [0.5, 0.6) is 0 Å². The highest BCUT2D eigenvalue weighted by atomic mass is 16.2. The Bertz CT molecular complexity index is 942. The van der Waals surface area contributed by atoms with Crippen molar-refractivity contribution in [2.24, 2.45) is 0 Å². The summed E-state index contributed by atoms with van der Waals surface area (Å²) in [6.07, 6.45) is 7.56. The van der Waals surface area contributed by atoms with E-state index >= 15 is 0 Å². The maximum Gasteiger partial charge on any atom is 0.246 e. The molecule has 1 saturated heterocycles. The van der Waals surface area contributed by atoms with Crippen molar-refractivity contribution in [1.82, 2.24) is 19.5 Å². The molecule has 5 nitrogen and oxygen atoms in total. The van der Waals surface area contributed by atoms with E-state index in [-0.39, 0.29) is 11.8 Å². The van der Waals surface area contributed by atoms with Crippen molar-refractivity contribution in [3.8, 4) is 0 Å². The van der Waals surface area contributed by atoms with Crippen LogP contribution in [0, 0.1) is 6.92 Å². The number of rotatable bonds is 3. The van der Waals surface area contributed by atoms with Gasteiger partial charge in [-0.2, -0.15) is 0 Å². The van der Waals surface area contributed by atoms with Gasteiger partial charge < -0.3 is 4.90 Å². The van der Waals surface area contributed by atoms with Crippen LogP contribution < -0.4 is 0 Å². The SMILES string of the molecule is Cc1ccc(C=CC(=O)N2CCCC(c3nnc4ccccn34)C2)cc1. The Balaban J connectivity index is 1.47. The second-order valence-electron chi connectivity index (χ2n) is 6.85. The van der Waals surface area contributed by atoms with Crippen LogP contribution in [0.25, 0.3) is 11.7 Å². The third-order valence-electron chi connectivity index (χ3n) is 4.93. The summed E-state index contributed by atoms with van der Waals surface area (Å²) >= 11 is 0. The zero-order valence-corrected chi connectivity index (χ0v) is 14.9. The minimum atomic E-state index is 0.0593. The molecule has 1 aromatic carbocycles. The molecular weight excluding hydrogens is 324 g/mol. The van der Waals surface area contributed by atoms with Gasteiger partial charge in [0.15, 0.2) is 5.65 Å². The fourth-order valence-corrected chi connectivity index (χ4v) is 3.48. The zero-order chi connectivity index (χ0) is 17.9. The molecule has 3 heterocycles. The van der Waals surface area contributed by atoms with Crippen molar-refractivity contribution in [2.45, 2.75) is 25.7 Å². The zero-order valence-electron chi connectivity index (χ0n) is 14.9. The second kappa shape index (κ2) is 7.12. The molecule has 0 spiro atoms. The van der Waals surface area contributed by atoms with E-state index in [9.17, 15) is 4.79 Å². The number of hydrogen-bond donors (Lipinski definition) is 0. The molecular formula is C21H22N4O. The van der Waals surface area contributed by atoms with Gasteiger partial charge in [0.05, 0.1) is 0 Å². The van der Waals surface area contributed by atoms with E-state index in [1.807, 2.05) is 51.9 Å². The van der Waals surface area contributed by atoms with Gasteiger partial charge in [0.2, 0.25) is 5.91 Å². The fourth-order valence-electron chi connectivity index (χ4n) is 3.48. The third-order valence-corrected chi connectivity index (χ3v) is 4.93. The molecule has 0 saturated carbocycles. The highest BCUT2D eigenvalue weighted by Gasteiger charge is 2.26. The monoisotopic (exact) mass is 346 g/mol. The van der Waals surface area contributed by atoms with E-state index in [1.165, 1.54) is 5.56 Å². The predicted molar refractivity (Wildman–Crippen MR) is 102 cm³/mol. The van der Waals surface area contributed by atoms with Gasteiger partial charge in [0.1, 0.15) is 5.82 Å². The molecule has 1 amide bonds. The fraction of sp³-hybridized carbons (Fsp3) is 0.286. The number of carbonyl (C=O) groups excluding carboxylic acids is 1. The topological polar surface area (TPSA) is 50.5 Å². The first-order valence-corrected chi connectivity index (χ1v) is 9.04. The Morgan fingerprint density at radius 1 is 1.15 bits per heavy atom. The lowest BCUT2D eigenvalue weighted by Gasteiger charge is -2.31. The Morgan fingerprint density at radius 3 is 2.85 bits per heavy atom. The Labute approximate surface area is 153 Å². The lowest BCUT2D eigenvalue weighted by atomic mass is 9.97. The van der Waals surface area contributed by atoms with Crippen LogP contribution in [-0.2, 0) is 4.79 Å². The number of amides is 1. The number of carbonyl (C=O) groups is 1. The molecule has 1 aliphatic heterocycles. The Hall–Kier alpha value is -2.95. The predicted octanol–water partition coefficient (Wildman–Crippen LogP) is 3.46. The minimum Gasteiger partial charge on any atom is -0.338 e. The number of hydrogen-bond acceptors (Lipinski definition) is 3. The molecule has 26 heavy (non-hydrogen) atoms. The molecule has 0 aliphatic carbocycles. The maximum absolute atomic E-state index is 12.6. The molecule has 0 bridgehead atoms. The van der Waals surface area contributed by atoms with Crippen LogP contribution in [0.2, 0.25) is 0 Å². The number of nitrogens with zero attached hydrogens (tertiary/aromatic N) is 4. The van der Waals surface area contributed by atoms with Crippen molar-refractivity contribution in [1.29, 1.82) is 0 Å². The number of aromatic nitrogens is 3. The summed E-state index contributed by atoms with van der Waals surface area (Å²) in [6.45, 7) is 3.54. The number of benzene rings is 1. The summed E-state index contributed by atoms with van der Waals surface area (Å²) in [7, 11) is 0. The van der Waals surface area contributed by atoms with E-state index in [0.29, 0.717) is 6.54 Å². The minimum absolute atomic E-state index is 0.0593. The summed E-state index contributed by atoms with van der Waals surface area (Å²) in [6, 6.07) is 14.1. The number of aryl methyl sites for hydroxylation is 1. The smallest absolute Gasteiger partial charge is 0.246 e. The summed E-state index contributed by atoms with van der Waals surface area (Å²) in [5.74, 6) is 1.22. The van der Waals surface area contributed by atoms with E-state index in [4.69, 9.17) is 0 Å². The van der Waals surface area contributed by atoms with Crippen molar-refractivity contribution < 1.29 is 4.79 Å². The molecule has 1 fully saturated rings. The van der Waals surface area contributed by atoms with Gasteiger partial charge in [0.25, 0.3) is 0 Å². The van der Waals surface area contributed by atoms with Crippen LogP contribution >= 0.6 is 0 Å². The number of piperidine rings is 1. The van der Waals surface area contributed by atoms with E-state index < -0.39 is 0 Å². The largest absolute Gasteiger partial charge is 0.338 e. The maximum atomic E-state index is 12.6.